The minimum absolute atomic E-state index is 0.0922. The second-order valence-corrected chi connectivity index (χ2v) is 6.20. The summed E-state index contributed by atoms with van der Waals surface area (Å²) in [6.07, 6.45) is 2.18. The molecule has 1 fully saturated rings. The van der Waals surface area contributed by atoms with E-state index < -0.39 is 0 Å². The highest BCUT2D eigenvalue weighted by Crippen LogP contribution is 2.23. The number of hydrogen-bond acceptors (Lipinski definition) is 3. The third-order valence-corrected chi connectivity index (χ3v) is 3.60. The molecule has 0 amide bonds. The smallest absolute Gasteiger partial charge is 0.256 e. The first kappa shape index (κ1) is 14.3. The molecule has 1 saturated heterocycles. The minimum Gasteiger partial charge on any atom is -0.391 e. The first-order valence-corrected chi connectivity index (χ1v) is 6.89. The van der Waals surface area contributed by atoms with E-state index in [1.165, 1.54) is 0 Å². The summed E-state index contributed by atoms with van der Waals surface area (Å²) in [4.78, 5) is 12.4. The molecule has 0 bridgehead atoms. The Morgan fingerprint density at radius 1 is 1.42 bits per heavy atom. The number of pyridine rings is 1. The van der Waals surface area contributed by atoms with E-state index in [2.05, 4.69) is 20.8 Å². The predicted molar refractivity (Wildman–Crippen MR) is 74.3 cm³/mol. The van der Waals surface area contributed by atoms with Crippen LogP contribution in [0.2, 0.25) is 0 Å². The first-order valence-electron chi connectivity index (χ1n) is 6.89. The van der Waals surface area contributed by atoms with E-state index in [-0.39, 0.29) is 23.7 Å². The Labute approximate surface area is 114 Å². The van der Waals surface area contributed by atoms with Gasteiger partial charge in [-0.3, -0.25) is 4.79 Å². The van der Waals surface area contributed by atoms with Crippen molar-refractivity contribution in [2.75, 3.05) is 6.61 Å². The topological polar surface area (TPSA) is 51.5 Å². The highest BCUT2D eigenvalue weighted by Gasteiger charge is 2.23. The van der Waals surface area contributed by atoms with Crippen LogP contribution in [-0.2, 0) is 23.3 Å². The van der Waals surface area contributed by atoms with E-state index in [9.17, 15) is 9.90 Å². The van der Waals surface area contributed by atoms with E-state index in [4.69, 9.17) is 4.74 Å². The summed E-state index contributed by atoms with van der Waals surface area (Å²) in [6, 6.07) is 3.68. The van der Waals surface area contributed by atoms with Crippen molar-refractivity contribution in [3.8, 4) is 0 Å². The lowest BCUT2D eigenvalue weighted by molar-refractivity contribution is 0.0944. The molecule has 1 aromatic heterocycles. The van der Waals surface area contributed by atoms with Crippen molar-refractivity contribution in [1.29, 1.82) is 0 Å². The maximum absolute atomic E-state index is 12.4. The molecule has 106 valence electrons. The fourth-order valence-corrected chi connectivity index (χ4v) is 2.57. The Morgan fingerprint density at radius 2 is 2.16 bits per heavy atom. The molecule has 4 heteroatoms. The highest BCUT2D eigenvalue weighted by molar-refractivity contribution is 5.21. The summed E-state index contributed by atoms with van der Waals surface area (Å²) in [7, 11) is 0. The van der Waals surface area contributed by atoms with Gasteiger partial charge in [0, 0.05) is 23.3 Å². The molecule has 1 aromatic rings. The van der Waals surface area contributed by atoms with Crippen molar-refractivity contribution < 1.29 is 9.84 Å². The molecule has 1 N–H and O–H groups in total. The van der Waals surface area contributed by atoms with Gasteiger partial charge in [0.1, 0.15) is 0 Å². The molecule has 19 heavy (non-hydrogen) atoms. The number of nitrogens with zero attached hydrogens (tertiary/aromatic N) is 1. The number of rotatable bonds is 3. The number of hydrogen-bond donors (Lipinski definition) is 1. The van der Waals surface area contributed by atoms with Crippen molar-refractivity contribution in [1.82, 2.24) is 4.57 Å². The molecule has 0 aromatic carbocycles. The van der Waals surface area contributed by atoms with E-state index in [1.54, 1.807) is 10.6 Å². The largest absolute Gasteiger partial charge is 0.391 e. The highest BCUT2D eigenvalue weighted by atomic mass is 16.5. The zero-order valence-corrected chi connectivity index (χ0v) is 12.0. The van der Waals surface area contributed by atoms with Gasteiger partial charge < -0.3 is 14.4 Å². The second-order valence-electron chi connectivity index (χ2n) is 6.20. The summed E-state index contributed by atoms with van der Waals surface area (Å²) in [6.45, 7) is 7.42. The van der Waals surface area contributed by atoms with E-state index in [0.29, 0.717) is 12.1 Å². The van der Waals surface area contributed by atoms with Gasteiger partial charge in [0.25, 0.3) is 5.56 Å². The van der Waals surface area contributed by atoms with Crippen LogP contribution in [0.15, 0.2) is 16.9 Å². The third kappa shape index (κ3) is 3.07. The molecule has 0 radical (unpaired) electrons. The molecular weight excluding hydrogens is 242 g/mol. The third-order valence-electron chi connectivity index (χ3n) is 3.60. The fourth-order valence-electron chi connectivity index (χ4n) is 2.57. The Balaban J connectivity index is 2.43. The Hall–Kier alpha value is -1.13. The van der Waals surface area contributed by atoms with Crippen LogP contribution in [0.5, 0.6) is 0 Å². The van der Waals surface area contributed by atoms with E-state index >= 15 is 0 Å². The molecule has 1 atom stereocenters. The van der Waals surface area contributed by atoms with Crippen LogP contribution >= 0.6 is 0 Å². The molecule has 1 aliphatic rings. The Morgan fingerprint density at radius 3 is 2.68 bits per heavy atom. The second kappa shape index (κ2) is 5.47. The zero-order valence-electron chi connectivity index (χ0n) is 12.0. The lowest BCUT2D eigenvalue weighted by atomic mass is 9.90. The van der Waals surface area contributed by atoms with Crippen LogP contribution in [0.25, 0.3) is 0 Å². The molecular formula is C15H23NO3. The van der Waals surface area contributed by atoms with Gasteiger partial charge in [0.05, 0.1) is 19.3 Å². The maximum atomic E-state index is 12.4. The van der Waals surface area contributed by atoms with Crippen LogP contribution in [0, 0.1) is 0 Å². The minimum atomic E-state index is -0.214. The normalized spacial score (nSPS) is 19.9. The number of ether oxygens (including phenoxy) is 1. The van der Waals surface area contributed by atoms with Gasteiger partial charge in [-0.05, 0) is 25.0 Å². The van der Waals surface area contributed by atoms with Crippen LogP contribution < -0.4 is 5.56 Å². The summed E-state index contributed by atoms with van der Waals surface area (Å²) >= 11 is 0. The molecule has 2 heterocycles. The van der Waals surface area contributed by atoms with Crippen LogP contribution in [-0.4, -0.2) is 22.4 Å². The van der Waals surface area contributed by atoms with Crippen LogP contribution in [0.1, 0.15) is 44.9 Å². The van der Waals surface area contributed by atoms with Gasteiger partial charge in [0.15, 0.2) is 0 Å². The SMILES string of the molecule is CC(C)(C)c1ccc(CO)c(=O)n1CC1CCCO1. The molecule has 1 aliphatic heterocycles. The zero-order chi connectivity index (χ0) is 14.0. The molecule has 2 rings (SSSR count). The van der Waals surface area contributed by atoms with Gasteiger partial charge in [-0.2, -0.15) is 0 Å². The fraction of sp³-hybridized carbons (Fsp3) is 0.667. The summed E-state index contributed by atoms with van der Waals surface area (Å²) < 4.78 is 7.41. The van der Waals surface area contributed by atoms with Crippen LogP contribution in [0.4, 0.5) is 0 Å². The summed E-state index contributed by atoms with van der Waals surface area (Å²) in [5, 5.41) is 9.25. The van der Waals surface area contributed by atoms with E-state index in [1.807, 2.05) is 6.07 Å². The predicted octanol–water partition coefficient (Wildman–Crippen LogP) is 1.82. The molecule has 0 spiro atoms. The van der Waals surface area contributed by atoms with Gasteiger partial charge in [-0.15, -0.1) is 0 Å². The van der Waals surface area contributed by atoms with Crippen molar-refractivity contribution in [2.45, 2.75) is 58.3 Å². The molecule has 0 aliphatic carbocycles. The summed E-state index contributed by atoms with van der Waals surface area (Å²) in [5.41, 5.74) is 1.24. The van der Waals surface area contributed by atoms with Crippen LogP contribution in [0.3, 0.4) is 0 Å². The molecule has 4 nitrogen and oxygen atoms in total. The first-order chi connectivity index (χ1) is 8.93. The quantitative estimate of drug-likeness (QED) is 0.907. The molecule has 1 unspecified atom stereocenters. The standard InChI is InChI=1S/C15H23NO3/c1-15(2,3)13-7-6-11(10-17)14(18)16(13)9-12-5-4-8-19-12/h6-7,12,17H,4-5,8-10H2,1-3H3. The number of aliphatic hydroxyl groups is 1. The average molecular weight is 265 g/mol. The number of aliphatic hydroxyl groups excluding tert-OH is 1. The Kier molecular flexibility index (Phi) is 4.11. The van der Waals surface area contributed by atoms with Gasteiger partial charge in [0.2, 0.25) is 0 Å². The van der Waals surface area contributed by atoms with Gasteiger partial charge in [-0.1, -0.05) is 20.8 Å². The Bertz CT molecular complexity index is 493. The van der Waals surface area contributed by atoms with Gasteiger partial charge in [-0.25, -0.2) is 0 Å². The molecule has 0 saturated carbocycles. The van der Waals surface area contributed by atoms with Crippen molar-refractivity contribution in [3.05, 3.63) is 33.7 Å². The monoisotopic (exact) mass is 265 g/mol. The van der Waals surface area contributed by atoms with Crippen molar-refractivity contribution >= 4 is 0 Å². The van der Waals surface area contributed by atoms with Crippen molar-refractivity contribution in [2.24, 2.45) is 0 Å². The van der Waals surface area contributed by atoms with E-state index in [0.717, 1.165) is 25.1 Å². The lowest BCUT2D eigenvalue weighted by Crippen LogP contribution is -2.34. The van der Waals surface area contributed by atoms with Gasteiger partial charge >= 0.3 is 0 Å². The summed E-state index contributed by atoms with van der Waals surface area (Å²) in [5.74, 6) is 0. The number of aromatic nitrogens is 1. The maximum Gasteiger partial charge on any atom is 0.256 e. The van der Waals surface area contributed by atoms with Crippen molar-refractivity contribution in [3.63, 3.8) is 0 Å². The lowest BCUT2D eigenvalue weighted by Gasteiger charge is -2.26. The average Bonchev–Trinajstić information content (AvgIpc) is 2.83.